The van der Waals surface area contributed by atoms with Gasteiger partial charge in [0, 0.05) is 23.6 Å². The summed E-state index contributed by atoms with van der Waals surface area (Å²) >= 11 is 0. The van der Waals surface area contributed by atoms with Crippen molar-refractivity contribution in [2.45, 2.75) is 65.2 Å². The molecule has 0 atom stereocenters. The molecule has 4 heterocycles. The zero-order valence-electron chi connectivity index (χ0n) is 30.6. The standard InChI is InChI=1S/C42H30F10N2O4/c1-3-5-7-9-19-11-13-21(55-19)17-53-41-27(29-31(43)35(47)39(51)36(48)32(29)44)23-15-26-24(16-25(23)57-41)28(30-33(45)37(49)40(52)38(50)34(30)46)42(58-26)54-18-22-14-12-20(56-22)10-8-6-4-2/h11-18H,3-10H2,1-2H3/b53-17-,54-18+. The van der Waals surface area contributed by atoms with Crippen molar-refractivity contribution in [1.29, 1.82) is 0 Å². The van der Waals surface area contributed by atoms with Gasteiger partial charge in [-0.2, -0.15) is 0 Å². The summed E-state index contributed by atoms with van der Waals surface area (Å²) in [7, 11) is 0. The SMILES string of the molecule is CCCCCc1ccc(/C=N\c2oc3cc4c(-c5c(F)c(F)c(F)c(F)c5F)c(/N=C/c5ccc(CCCCC)o5)oc4cc3c2-c2c(F)c(F)c(F)c(F)c2F)o1. The Morgan fingerprint density at radius 2 is 0.776 bits per heavy atom. The molecule has 0 radical (unpaired) electrons. The minimum atomic E-state index is -2.43. The largest absolute Gasteiger partial charge is 0.460 e. The highest BCUT2D eigenvalue weighted by Crippen LogP contribution is 2.49. The van der Waals surface area contributed by atoms with Crippen LogP contribution >= 0.6 is 0 Å². The van der Waals surface area contributed by atoms with Crippen LogP contribution in [0, 0.1) is 58.2 Å². The molecule has 58 heavy (non-hydrogen) atoms. The fourth-order valence-electron chi connectivity index (χ4n) is 6.51. The predicted octanol–water partition coefficient (Wildman–Crippen LogP) is 14.1. The van der Waals surface area contributed by atoms with Crippen LogP contribution in [-0.4, -0.2) is 12.4 Å². The van der Waals surface area contributed by atoms with Crippen LogP contribution < -0.4 is 0 Å². The van der Waals surface area contributed by atoms with Crippen LogP contribution in [0.4, 0.5) is 55.7 Å². The maximum absolute atomic E-state index is 15.5. The van der Waals surface area contributed by atoms with Crippen LogP contribution in [0.5, 0.6) is 0 Å². The third-order valence-electron chi connectivity index (χ3n) is 9.42. The molecular weight excluding hydrogens is 786 g/mol. The van der Waals surface area contributed by atoms with Gasteiger partial charge in [0.15, 0.2) is 46.5 Å². The third-order valence-corrected chi connectivity index (χ3v) is 9.42. The average Bonchev–Trinajstić information content (AvgIpc) is 4.02. The van der Waals surface area contributed by atoms with Gasteiger partial charge < -0.3 is 17.7 Å². The van der Waals surface area contributed by atoms with Gasteiger partial charge in [-0.25, -0.2) is 53.9 Å². The lowest BCUT2D eigenvalue weighted by Gasteiger charge is -2.08. The molecule has 7 aromatic rings. The van der Waals surface area contributed by atoms with Gasteiger partial charge in [-0.05, 0) is 49.2 Å². The normalized spacial score (nSPS) is 12.2. The number of halogens is 10. The van der Waals surface area contributed by atoms with Crippen molar-refractivity contribution in [3.8, 4) is 22.3 Å². The Morgan fingerprint density at radius 1 is 0.431 bits per heavy atom. The second kappa shape index (κ2) is 16.4. The summed E-state index contributed by atoms with van der Waals surface area (Å²) in [5, 5.41) is -0.780. The smallest absolute Gasteiger partial charge is 0.228 e. The summed E-state index contributed by atoms with van der Waals surface area (Å²) in [6, 6.07) is 8.27. The topological polar surface area (TPSA) is 77.3 Å². The molecule has 0 unspecified atom stereocenters. The quantitative estimate of drug-likeness (QED) is 0.0360. The van der Waals surface area contributed by atoms with Crippen LogP contribution in [0.25, 0.3) is 44.2 Å². The zero-order chi connectivity index (χ0) is 41.4. The van der Waals surface area contributed by atoms with Crippen molar-refractivity contribution in [2.24, 2.45) is 9.98 Å². The van der Waals surface area contributed by atoms with Gasteiger partial charge in [-0.15, -0.1) is 0 Å². The number of nitrogens with zero attached hydrogens (tertiary/aromatic N) is 2. The van der Waals surface area contributed by atoms with Gasteiger partial charge in [0.1, 0.15) is 34.2 Å². The minimum absolute atomic E-state index is 0.129. The van der Waals surface area contributed by atoms with Crippen LogP contribution in [0.15, 0.2) is 64.1 Å². The summed E-state index contributed by atoms with van der Waals surface area (Å²) in [5.74, 6) is -23.0. The molecule has 0 spiro atoms. The highest BCUT2D eigenvalue weighted by molar-refractivity contribution is 6.11. The van der Waals surface area contributed by atoms with E-state index < -0.39 is 114 Å². The van der Waals surface area contributed by atoms with E-state index >= 15 is 17.6 Å². The lowest BCUT2D eigenvalue weighted by molar-refractivity contribution is 0.381. The molecule has 0 aliphatic carbocycles. The monoisotopic (exact) mass is 816 g/mol. The number of unbranched alkanes of at least 4 members (excludes halogenated alkanes) is 4. The number of fused-ring (bicyclic) bond motifs is 2. The molecule has 0 N–H and O–H groups in total. The van der Waals surface area contributed by atoms with Crippen LogP contribution in [-0.2, 0) is 12.8 Å². The summed E-state index contributed by atoms with van der Waals surface area (Å²) in [5.41, 5.74) is -5.30. The number of hydrogen-bond donors (Lipinski definition) is 0. The first-order valence-electron chi connectivity index (χ1n) is 18.2. The van der Waals surface area contributed by atoms with E-state index in [2.05, 4.69) is 9.98 Å². The maximum atomic E-state index is 15.5. The molecular formula is C42H30F10N2O4. The van der Waals surface area contributed by atoms with E-state index in [9.17, 15) is 26.3 Å². The predicted molar refractivity (Wildman–Crippen MR) is 195 cm³/mol. The Kier molecular flexibility index (Phi) is 11.4. The van der Waals surface area contributed by atoms with Crippen molar-refractivity contribution < 1.29 is 61.6 Å². The van der Waals surface area contributed by atoms with Crippen LogP contribution in [0.3, 0.4) is 0 Å². The molecule has 302 valence electrons. The molecule has 0 bridgehead atoms. The van der Waals surface area contributed by atoms with Gasteiger partial charge in [0.2, 0.25) is 23.4 Å². The Morgan fingerprint density at radius 3 is 1.12 bits per heavy atom. The second-order valence-electron chi connectivity index (χ2n) is 13.3. The number of aryl methyl sites for hydroxylation is 2. The van der Waals surface area contributed by atoms with E-state index in [1.54, 1.807) is 12.1 Å². The van der Waals surface area contributed by atoms with E-state index in [1.807, 2.05) is 13.8 Å². The molecule has 4 aromatic heterocycles. The lowest BCUT2D eigenvalue weighted by Crippen LogP contribution is -2.04. The van der Waals surface area contributed by atoms with E-state index in [0.29, 0.717) is 24.4 Å². The number of benzene rings is 3. The van der Waals surface area contributed by atoms with Crippen LogP contribution in [0.2, 0.25) is 0 Å². The highest BCUT2D eigenvalue weighted by atomic mass is 19.2. The Labute approximate surface area is 322 Å². The molecule has 0 fully saturated rings. The first kappa shape index (κ1) is 40.1. The third kappa shape index (κ3) is 7.31. The molecule has 7 rings (SSSR count). The van der Waals surface area contributed by atoms with Crippen molar-refractivity contribution in [3.63, 3.8) is 0 Å². The summed E-state index contributed by atoms with van der Waals surface area (Å²) in [6.45, 7) is 4.04. The molecule has 16 heteroatoms. The van der Waals surface area contributed by atoms with Crippen LogP contribution in [0.1, 0.15) is 75.4 Å². The minimum Gasteiger partial charge on any atom is -0.460 e. The van der Waals surface area contributed by atoms with Gasteiger partial charge in [0.25, 0.3) is 0 Å². The van der Waals surface area contributed by atoms with E-state index in [0.717, 1.165) is 63.1 Å². The number of hydrogen-bond acceptors (Lipinski definition) is 6. The van der Waals surface area contributed by atoms with E-state index in [4.69, 9.17) is 17.7 Å². The number of aliphatic imine (C=N–C) groups is 2. The number of furan rings is 4. The summed E-state index contributed by atoms with van der Waals surface area (Å²) < 4.78 is 172. The summed E-state index contributed by atoms with van der Waals surface area (Å²) in [4.78, 5) is 8.21. The van der Waals surface area contributed by atoms with Crippen molar-refractivity contribution >= 4 is 46.1 Å². The lowest BCUT2D eigenvalue weighted by atomic mass is 9.98. The Hall–Kier alpha value is -6.06. The first-order chi connectivity index (χ1) is 27.8. The molecule has 6 nitrogen and oxygen atoms in total. The molecule has 0 saturated carbocycles. The Balaban J connectivity index is 1.45. The molecule has 0 aliphatic rings. The maximum Gasteiger partial charge on any atom is 0.228 e. The molecule has 0 amide bonds. The first-order valence-corrected chi connectivity index (χ1v) is 18.2. The zero-order valence-corrected chi connectivity index (χ0v) is 30.6. The fourth-order valence-corrected chi connectivity index (χ4v) is 6.51. The van der Waals surface area contributed by atoms with Gasteiger partial charge >= 0.3 is 0 Å². The van der Waals surface area contributed by atoms with E-state index in [1.165, 1.54) is 12.1 Å². The fraction of sp³-hybridized carbons (Fsp3) is 0.238. The average molecular weight is 817 g/mol. The second-order valence-corrected chi connectivity index (χ2v) is 13.3. The van der Waals surface area contributed by atoms with E-state index in [-0.39, 0.29) is 11.5 Å². The van der Waals surface area contributed by atoms with Crippen molar-refractivity contribution in [2.75, 3.05) is 0 Å². The molecule has 0 saturated heterocycles. The van der Waals surface area contributed by atoms with Crippen molar-refractivity contribution in [3.05, 3.63) is 118 Å². The van der Waals surface area contributed by atoms with Gasteiger partial charge in [-0.1, -0.05) is 39.5 Å². The summed E-state index contributed by atoms with van der Waals surface area (Å²) in [6.07, 6.45) is 8.71. The van der Waals surface area contributed by atoms with Gasteiger partial charge in [0.05, 0.1) is 34.7 Å². The van der Waals surface area contributed by atoms with Crippen molar-refractivity contribution in [1.82, 2.24) is 0 Å². The van der Waals surface area contributed by atoms with Gasteiger partial charge in [-0.3, -0.25) is 0 Å². The number of rotatable bonds is 14. The highest BCUT2D eigenvalue weighted by Gasteiger charge is 2.34. The Bertz CT molecular complexity index is 2500. The molecule has 3 aromatic carbocycles. The molecule has 0 aliphatic heterocycles.